The van der Waals surface area contributed by atoms with Gasteiger partial charge in [-0.3, -0.25) is 0 Å². The van der Waals surface area contributed by atoms with E-state index in [1.165, 1.54) is 0 Å². The first-order chi connectivity index (χ1) is 8.81. The van der Waals surface area contributed by atoms with Crippen molar-refractivity contribution in [3.05, 3.63) is 0 Å². The van der Waals surface area contributed by atoms with Crippen LogP contribution in [-0.2, 0) is 9.59 Å². The molecule has 114 valence electrons. The van der Waals surface area contributed by atoms with E-state index in [4.69, 9.17) is 0 Å². The van der Waals surface area contributed by atoms with Gasteiger partial charge in [0.2, 0.25) is 0 Å². The van der Waals surface area contributed by atoms with Crippen molar-refractivity contribution >= 4 is 51.1 Å². The first kappa shape index (κ1) is 19.7. The molecule has 0 spiro atoms. The van der Waals surface area contributed by atoms with E-state index in [0.29, 0.717) is 8.94 Å². The van der Waals surface area contributed by atoms with Crippen LogP contribution >= 0.6 is 25.5 Å². The molecular formula is C12H24Br2N2O2Te. The molecule has 0 bridgehead atoms. The zero-order chi connectivity index (χ0) is 15.1. The van der Waals surface area contributed by atoms with Gasteiger partial charge in [-0.15, -0.1) is 0 Å². The normalized spacial score (nSPS) is 12.1. The van der Waals surface area contributed by atoms with E-state index >= 15 is 0 Å². The van der Waals surface area contributed by atoms with Crippen molar-refractivity contribution in [1.82, 2.24) is 9.80 Å². The van der Waals surface area contributed by atoms with E-state index in [2.05, 4.69) is 25.5 Å². The summed E-state index contributed by atoms with van der Waals surface area (Å²) in [7, 11) is 0. The molecule has 0 fully saturated rings. The monoisotopic (exact) mass is 516 g/mol. The average molecular weight is 516 g/mol. The van der Waals surface area contributed by atoms with Crippen LogP contribution in [0.4, 0.5) is 0 Å². The number of carbonyl (C=O) groups is 2. The second kappa shape index (κ2) is 9.59. The molecule has 0 rings (SSSR count). The van der Waals surface area contributed by atoms with Gasteiger partial charge in [-0.05, 0) is 0 Å². The Balaban J connectivity index is 4.54. The predicted octanol–water partition coefficient (Wildman–Crippen LogP) is 2.96. The molecule has 19 heavy (non-hydrogen) atoms. The first-order valence-corrected chi connectivity index (χ1v) is 20.3. The molecule has 2 amide bonds. The van der Waals surface area contributed by atoms with Gasteiger partial charge in [0.25, 0.3) is 0 Å². The van der Waals surface area contributed by atoms with Crippen molar-refractivity contribution in [1.29, 1.82) is 0 Å². The van der Waals surface area contributed by atoms with Crippen LogP contribution in [0.3, 0.4) is 0 Å². The fourth-order valence-corrected chi connectivity index (χ4v) is 10.4. The SMILES string of the molecule is CCN(CC)C(=O)C[Te](Br)(Br)CC(=O)N(CC)CC. The van der Waals surface area contributed by atoms with E-state index in [1.54, 1.807) is 0 Å². The van der Waals surface area contributed by atoms with Crippen LogP contribution in [0.25, 0.3) is 0 Å². The molecule has 0 unspecified atom stereocenters. The zero-order valence-electron chi connectivity index (χ0n) is 12.1. The minimum absolute atomic E-state index is 0.132. The number of rotatable bonds is 8. The standard InChI is InChI=1S/C12H24Br2N2O2Te/c1-5-15(6-2)11(17)9-19(13,14)10-12(18)16(7-3)8-4/h5-10H2,1-4H3. The van der Waals surface area contributed by atoms with Crippen LogP contribution in [0.5, 0.6) is 0 Å². The Morgan fingerprint density at radius 3 is 1.26 bits per heavy atom. The molecule has 0 radical (unpaired) electrons. The van der Waals surface area contributed by atoms with Gasteiger partial charge in [-0.25, -0.2) is 0 Å². The molecular weight excluding hydrogens is 492 g/mol. The molecule has 0 heterocycles. The summed E-state index contributed by atoms with van der Waals surface area (Å²) in [6.45, 7) is 10.8. The Morgan fingerprint density at radius 2 is 1.05 bits per heavy atom. The molecule has 0 saturated heterocycles. The Labute approximate surface area is 132 Å². The molecule has 4 nitrogen and oxygen atoms in total. The van der Waals surface area contributed by atoms with E-state index in [0.717, 1.165) is 26.2 Å². The molecule has 0 aliphatic rings. The van der Waals surface area contributed by atoms with Crippen LogP contribution in [-0.4, -0.2) is 61.6 Å². The second-order valence-electron chi connectivity index (χ2n) is 4.12. The maximum atomic E-state index is 12.1. The third-order valence-electron chi connectivity index (χ3n) is 2.90. The van der Waals surface area contributed by atoms with Crippen molar-refractivity contribution in [2.24, 2.45) is 0 Å². The van der Waals surface area contributed by atoms with Crippen LogP contribution in [0.15, 0.2) is 0 Å². The van der Waals surface area contributed by atoms with Crippen LogP contribution < -0.4 is 0 Å². The van der Waals surface area contributed by atoms with Gasteiger partial charge in [0.1, 0.15) is 0 Å². The molecule has 0 N–H and O–H groups in total. The van der Waals surface area contributed by atoms with E-state index in [1.807, 2.05) is 37.5 Å². The Hall–Kier alpha value is 0.690. The minimum atomic E-state index is -2.74. The molecule has 7 heteroatoms. The predicted molar refractivity (Wildman–Crippen MR) is 89.1 cm³/mol. The number of nitrogens with zero attached hydrogens (tertiary/aromatic N) is 2. The summed E-state index contributed by atoms with van der Waals surface area (Å²) in [6.07, 6.45) is 0. The van der Waals surface area contributed by atoms with Crippen molar-refractivity contribution in [2.45, 2.75) is 36.6 Å². The number of halogens is 2. The Kier molecular flexibility index (Phi) is 9.94. The quantitative estimate of drug-likeness (QED) is 0.467. The number of hydrogen-bond acceptors (Lipinski definition) is 2. The summed E-state index contributed by atoms with van der Waals surface area (Å²) in [4.78, 5) is 27.8. The molecule has 0 aliphatic heterocycles. The van der Waals surface area contributed by atoms with E-state index in [9.17, 15) is 9.59 Å². The van der Waals surface area contributed by atoms with E-state index < -0.39 is 13.8 Å². The van der Waals surface area contributed by atoms with E-state index in [-0.39, 0.29) is 11.8 Å². The van der Waals surface area contributed by atoms with Crippen molar-refractivity contribution in [3.8, 4) is 0 Å². The van der Waals surface area contributed by atoms with Gasteiger partial charge in [0.15, 0.2) is 0 Å². The third-order valence-corrected chi connectivity index (χ3v) is 12.9. The number of carbonyl (C=O) groups excluding carboxylic acids is 2. The zero-order valence-corrected chi connectivity index (χ0v) is 17.6. The fraction of sp³-hybridized carbons (Fsp3) is 0.833. The maximum absolute atomic E-state index is 12.1. The molecule has 0 aromatic rings. The topological polar surface area (TPSA) is 40.6 Å². The Bertz CT molecular complexity index is 278. The number of hydrogen-bond donors (Lipinski definition) is 0. The average Bonchev–Trinajstić information content (AvgIpc) is 2.30. The summed E-state index contributed by atoms with van der Waals surface area (Å²) in [6, 6.07) is 0. The summed E-state index contributed by atoms with van der Waals surface area (Å²) in [5.41, 5.74) is 0. The van der Waals surface area contributed by atoms with Crippen molar-refractivity contribution in [2.75, 3.05) is 26.2 Å². The molecule has 0 aliphatic carbocycles. The summed E-state index contributed by atoms with van der Waals surface area (Å²) in [5, 5.41) is 0. The molecule has 0 aromatic carbocycles. The van der Waals surface area contributed by atoms with Crippen molar-refractivity contribution < 1.29 is 9.59 Å². The van der Waals surface area contributed by atoms with Gasteiger partial charge >= 0.3 is 133 Å². The summed E-state index contributed by atoms with van der Waals surface area (Å²) < 4.78 is 0.911. The van der Waals surface area contributed by atoms with Gasteiger partial charge in [-0.1, -0.05) is 0 Å². The van der Waals surface area contributed by atoms with Crippen LogP contribution in [0.1, 0.15) is 27.7 Å². The summed E-state index contributed by atoms with van der Waals surface area (Å²) >= 11 is 4.56. The van der Waals surface area contributed by atoms with Crippen LogP contribution in [0.2, 0.25) is 8.94 Å². The molecule has 0 atom stereocenters. The van der Waals surface area contributed by atoms with Gasteiger partial charge in [0, 0.05) is 0 Å². The first-order valence-electron chi connectivity index (χ1n) is 6.54. The van der Waals surface area contributed by atoms with Crippen molar-refractivity contribution in [3.63, 3.8) is 0 Å². The van der Waals surface area contributed by atoms with Gasteiger partial charge < -0.3 is 0 Å². The summed E-state index contributed by atoms with van der Waals surface area (Å²) in [5.74, 6) is 0.264. The van der Waals surface area contributed by atoms with Crippen LogP contribution in [0, 0.1) is 0 Å². The van der Waals surface area contributed by atoms with Gasteiger partial charge in [-0.2, -0.15) is 0 Å². The molecule has 0 aromatic heterocycles. The molecule has 0 saturated carbocycles. The Morgan fingerprint density at radius 1 is 0.789 bits per heavy atom. The number of amides is 2. The third kappa shape index (κ3) is 7.31. The fourth-order valence-electron chi connectivity index (χ4n) is 1.75. The second-order valence-corrected chi connectivity index (χ2v) is 32.2. The van der Waals surface area contributed by atoms with Gasteiger partial charge in [0.05, 0.1) is 0 Å².